The Kier molecular flexibility index (Phi) is 6.80. The number of nitrogens with zero attached hydrogens (tertiary/aromatic N) is 3. The van der Waals surface area contributed by atoms with Gasteiger partial charge in [0.25, 0.3) is 0 Å². The fraction of sp³-hybridized carbons (Fsp3) is 0.385. The molecule has 0 unspecified atom stereocenters. The first-order chi connectivity index (χ1) is 15.2. The van der Waals surface area contributed by atoms with Crippen LogP contribution in [0, 0.1) is 20.8 Å². The van der Waals surface area contributed by atoms with E-state index in [1.165, 1.54) is 5.56 Å². The van der Waals surface area contributed by atoms with E-state index in [0.717, 1.165) is 33.6 Å². The van der Waals surface area contributed by atoms with Crippen molar-refractivity contribution in [2.45, 2.75) is 46.6 Å². The number of benzene rings is 2. The third kappa shape index (κ3) is 3.97. The van der Waals surface area contributed by atoms with E-state index in [9.17, 15) is 4.79 Å². The van der Waals surface area contributed by atoms with Crippen molar-refractivity contribution in [2.24, 2.45) is 12.0 Å². The van der Waals surface area contributed by atoms with Gasteiger partial charge in [-0.3, -0.25) is 9.13 Å². The predicted molar refractivity (Wildman–Crippen MR) is 134 cm³/mol. The van der Waals surface area contributed by atoms with Gasteiger partial charge in [-0.2, -0.15) is 0 Å². The first-order valence-corrected chi connectivity index (χ1v) is 10.9. The van der Waals surface area contributed by atoms with Crippen molar-refractivity contribution in [2.75, 3.05) is 14.2 Å². The number of ether oxygens (including phenoxy) is 2. The topological polar surface area (TPSA) is 57.8 Å². The minimum absolute atomic E-state index is 0. The van der Waals surface area contributed by atoms with Gasteiger partial charge >= 0.3 is 5.69 Å². The van der Waals surface area contributed by atoms with Gasteiger partial charge in [-0.25, -0.2) is 9.79 Å². The summed E-state index contributed by atoms with van der Waals surface area (Å²) in [6, 6.07) is 10.2. The number of hydrogen-bond acceptors (Lipinski definition) is 4. The number of fused-ring (bicyclic) bond motifs is 3. The molecule has 0 spiro atoms. The zero-order valence-corrected chi connectivity index (χ0v) is 21.3. The molecule has 0 saturated heterocycles. The molecule has 2 heterocycles. The second kappa shape index (κ2) is 9.10. The third-order valence-electron chi connectivity index (χ3n) is 6.68. The summed E-state index contributed by atoms with van der Waals surface area (Å²) in [4.78, 5) is 18.4. The molecule has 3 aromatic rings. The van der Waals surface area contributed by atoms with Crippen molar-refractivity contribution in [1.82, 2.24) is 9.13 Å². The van der Waals surface area contributed by atoms with E-state index in [4.69, 9.17) is 14.5 Å². The smallest absolute Gasteiger partial charge is 0.330 e. The molecule has 0 bridgehead atoms. The van der Waals surface area contributed by atoms with E-state index in [2.05, 4.69) is 46.8 Å². The number of halogens is 1. The fourth-order valence-corrected chi connectivity index (χ4v) is 4.80. The minimum atomic E-state index is -0.0801. The lowest BCUT2D eigenvalue weighted by Crippen LogP contribution is -2.42. The Morgan fingerprint density at radius 3 is 2.06 bits per heavy atom. The number of aromatic nitrogens is 2. The lowest BCUT2D eigenvalue weighted by Gasteiger charge is -2.33. The van der Waals surface area contributed by atoms with E-state index < -0.39 is 0 Å². The Morgan fingerprint density at radius 1 is 0.909 bits per heavy atom. The highest BCUT2D eigenvalue weighted by molar-refractivity contribution is 5.85. The van der Waals surface area contributed by atoms with Crippen LogP contribution in [0.25, 0.3) is 11.3 Å². The maximum atomic E-state index is 13.5. The van der Waals surface area contributed by atoms with Crippen molar-refractivity contribution in [3.05, 3.63) is 68.6 Å². The lowest BCUT2D eigenvalue weighted by atomic mass is 9.85. The summed E-state index contributed by atoms with van der Waals surface area (Å²) in [6.45, 7) is 10.4. The van der Waals surface area contributed by atoms with Gasteiger partial charge in [0.2, 0.25) is 0 Å². The van der Waals surface area contributed by atoms with Crippen molar-refractivity contribution >= 4 is 18.1 Å². The van der Waals surface area contributed by atoms with Gasteiger partial charge in [0.15, 0.2) is 11.5 Å². The molecule has 1 aromatic heterocycles. The Balaban J connectivity index is 0.00000306. The SMILES string of the molecule is COc1cc2c(cc1OC)[C@H](C)[C@@H](C)n1c-2cc(=Nc2c(C)cc(C)cc2C)n(C)c1=O.Cl. The summed E-state index contributed by atoms with van der Waals surface area (Å²) in [5.41, 5.74) is 7.78. The van der Waals surface area contributed by atoms with Crippen LogP contribution >= 0.6 is 12.4 Å². The molecule has 2 atom stereocenters. The first-order valence-electron chi connectivity index (χ1n) is 10.9. The Hall–Kier alpha value is -2.99. The molecule has 0 radical (unpaired) electrons. The minimum Gasteiger partial charge on any atom is -0.493 e. The van der Waals surface area contributed by atoms with Crippen LogP contribution in [-0.2, 0) is 7.05 Å². The molecule has 6 nitrogen and oxygen atoms in total. The first kappa shape index (κ1) is 24.6. The molecule has 2 aromatic carbocycles. The van der Waals surface area contributed by atoms with Crippen LogP contribution in [0.5, 0.6) is 11.5 Å². The van der Waals surface area contributed by atoms with E-state index in [-0.39, 0.29) is 30.1 Å². The predicted octanol–water partition coefficient (Wildman–Crippen LogP) is 5.13. The largest absolute Gasteiger partial charge is 0.493 e. The third-order valence-corrected chi connectivity index (χ3v) is 6.68. The van der Waals surface area contributed by atoms with Gasteiger partial charge in [0.05, 0.1) is 25.6 Å². The van der Waals surface area contributed by atoms with E-state index in [1.807, 2.05) is 22.8 Å². The van der Waals surface area contributed by atoms with Crippen molar-refractivity contribution < 1.29 is 9.47 Å². The summed E-state index contributed by atoms with van der Waals surface area (Å²) in [6.07, 6.45) is 0. The molecule has 0 amide bonds. The number of methoxy groups -OCH3 is 2. The Labute approximate surface area is 200 Å². The average molecular weight is 470 g/mol. The van der Waals surface area contributed by atoms with Crippen molar-refractivity contribution in [1.29, 1.82) is 0 Å². The van der Waals surface area contributed by atoms with Crippen LogP contribution in [-0.4, -0.2) is 23.4 Å². The van der Waals surface area contributed by atoms with Crippen LogP contribution in [0.15, 0.2) is 40.1 Å². The molecule has 0 N–H and O–H groups in total. The van der Waals surface area contributed by atoms with Gasteiger partial charge in [-0.05, 0) is 56.5 Å². The van der Waals surface area contributed by atoms with Gasteiger partial charge in [0.1, 0.15) is 5.49 Å². The van der Waals surface area contributed by atoms with Gasteiger partial charge in [0, 0.05) is 30.6 Å². The molecule has 0 aliphatic carbocycles. The summed E-state index contributed by atoms with van der Waals surface area (Å²) < 4.78 is 14.6. The molecule has 33 heavy (non-hydrogen) atoms. The molecule has 0 fully saturated rings. The zero-order valence-electron chi connectivity index (χ0n) is 20.5. The van der Waals surface area contributed by atoms with Crippen molar-refractivity contribution in [3.8, 4) is 22.8 Å². The highest BCUT2D eigenvalue weighted by atomic mass is 35.5. The average Bonchev–Trinajstić information content (AvgIpc) is 2.76. The van der Waals surface area contributed by atoms with Crippen LogP contribution in [0.2, 0.25) is 0 Å². The molecule has 4 rings (SSSR count). The van der Waals surface area contributed by atoms with Gasteiger partial charge < -0.3 is 9.47 Å². The second-order valence-corrected chi connectivity index (χ2v) is 8.78. The fourth-order valence-electron chi connectivity index (χ4n) is 4.80. The summed E-state index contributed by atoms with van der Waals surface area (Å²) in [5, 5.41) is 0. The Bertz CT molecular complexity index is 1330. The highest BCUT2D eigenvalue weighted by Gasteiger charge is 2.31. The van der Waals surface area contributed by atoms with Crippen molar-refractivity contribution in [3.63, 3.8) is 0 Å². The lowest BCUT2D eigenvalue weighted by molar-refractivity contribution is 0.352. The number of hydrogen-bond donors (Lipinski definition) is 0. The highest BCUT2D eigenvalue weighted by Crippen LogP contribution is 2.45. The van der Waals surface area contributed by atoms with Crippen LogP contribution in [0.3, 0.4) is 0 Å². The summed E-state index contributed by atoms with van der Waals surface area (Å²) >= 11 is 0. The van der Waals surface area contributed by atoms with Crippen LogP contribution in [0.1, 0.15) is 48.1 Å². The Morgan fingerprint density at radius 2 is 1.48 bits per heavy atom. The molecule has 7 heteroatoms. The maximum absolute atomic E-state index is 13.5. The zero-order chi connectivity index (χ0) is 23.3. The van der Waals surface area contributed by atoms with Crippen LogP contribution < -0.4 is 20.7 Å². The molecule has 1 aliphatic heterocycles. The van der Waals surface area contributed by atoms with E-state index >= 15 is 0 Å². The monoisotopic (exact) mass is 469 g/mol. The van der Waals surface area contributed by atoms with E-state index in [1.54, 1.807) is 25.8 Å². The normalized spacial score (nSPS) is 17.2. The second-order valence-electron chi connectivity index (χ2n) is 8.78. The summed E-state index contributed by atoms with van der Waals surface area (Å²) in [5.74, 6) is 1.47. The quantitative estimate of drug-likeness (QED) is 0.534. The van der Waals surface area contributed by atoms with E-state index in [0.29, 0.717) is 17.0 Å². The number of aryl methyl sites for hydroxylation is 3. The molecular weight excluding hydrogens is 438 g/mol. The molecule has 1 aliphatic rings. The van der Waals surface area contributed by atoms with Crippen LogP contribution in [0.4, 0.5) is 5.69 Å². The number of rotatable bonds is 3. The molecule has 176 valence electrons. The molecule has 0 saturated carbocycles. The standard InChI is InChI=1S/C26H31N3O3.ClH/c1-14-9-15(2)25(16(3)10-14)27-24-13-21-20-12-23(32-8)22(31-7)11-19(20)17(4)18(5)29(21)26(30)28(24)6;/h9-13,17-18H,1-8H3;1H/t17-,18-;/m1./s1. The summed E-state index contributed by atoms with van der Waals surface area (Å²) in [7, 11) is 5.05. The van der Waals surface area contributed by atoms with Gasteiger partial charge in [-0.15, -0.1) is 12.4 Å². The maximum Gasteiger partial charge on any atom is 0.330 e. The van der Waals surface area contributed by atoms with Gasteiger partial charge in [-0.1, -0.05) is 24.6 Å². The molecular formula is C26H32ClN3O3.